The number of rotatable bonds is 3. The van der Waals surface area contributed by atoms with Crippen LogP contribution in [0.4, 0.5) is 0 Å². The Kier molecular flexibility index (Phi) is 11.6. The van der Waals surface area contributed by atoms with Crippen LogP contribution < -0.4 is 0 Å². The van der Waals surface area contributed by atoms with Gasteiger partial charge in [0.1, 0.15) is 0 Å². The Morgan fingerprint density at radius 1 is 0.833 bits per heavy atom. The molecular formula is C30H45N3O3. The van der Waals surface area contributed by atoms with Gasteiger partial charge in [-0.05, 0) is 54.5 Å². The molecule has 1 atom stereocenters. The van der Waals surface area contributed by atoms with Crippen LogP contribution in [-0.2, 0) is 9.59 Å². The molecule has 0 aliphatic carbocycles. The van der Waals surface area contributed by atoms with Gasteiger partial charge in [-0.15, -0.1) is 0 Å². The molecule has 36 heavy (non-hydrogen) atoms. The average Bonchev–Trinajstić information content (AvgIpc) is 3.31. The third-order valence-corrected chi connectivity index (χ3v) is 6.64. The third-order valence-electron chi connectivity index (χ3n) is 6.64. The van der Waals surface area contributed by atoms with E-state index < -0.39 is 5.97 Å². The standard InChI is InChI=1S/C15H27N3O3.C8H10.C7H8/c1-15(2,3)18-5-4-12(10-18)14(21)17-8-6-16(7-9-17)11-13(19)20;1-7-4-3-5-8(2)6-7;1-7-5-3-2-4-6-7/h12H,4-11H2,1-3H3,(H,19,20);3-6H,1-2H3;2-6H,1H3. The van der Waals surface area contributed by atoms with E-state index in [-0.39, 0.29) is 23.9 Å². The molecule has 1 amide bonds. The van der Waals surface area contributed by atoms with Gasteiger partial charge in [-0.3, -0.25) is 19.4 Å². The van der Waals surface area contributed by atoms with Crippen LogP contribution in [0, 0.1) is 26.7 Å². The molecule has 2 aromatic rings. The Morgan fingerprint density at radius 2 is 1.39 bits per heavy atom. The lowest BCUT2D eigenvalue weighted by Gasteiger charge is -2.35. The minimum atomic E-state index is -0.800. The van der Waals surface area contributed by atoms with Gasteiger partial charge in [0.15, 0.2) is 0 Å². The number of carbonyl (C=O) groups is 2. The predicted molar refractivity (Wildman–Crippen MR) is 147 cm³/mol. The molecule has 2 heterocycles. The second kappa shape index (κ2) is 14.1. The topological polar surface area (TPSA) is 64.1 Å². The number of carboxylic acid groups (broad SMARTS) is 1. The van der Waals surface area contributed by atoms with Crippen molar-refractivity contribution < 1.29 is 14.7 Å². The molecule has 0 bridgehead atoms. The zero-order valence-corrected chi connectivity index (χ0v) is 23.0. The summed E-state index contributed by atoms with van der Waals surface area (Å²) in [6, 6.07) is 18.7. The Hall–Kier alpha value is -2.70. The predicted octanol–water partition coefficient (Wildman–Crippen LogP) is 4.63. The highest BCUT2D eigenvalue weighted by molar-refractivity contribution is 5.79. The highest BCUT2D eigenvalue weighted by Crippen LogP contribution is 2.26. The van der Waals surface area contributed by atoms with Gasteiger partial charge >= 0.3 is 5.97 Å². The zero-order chi connectivity index (χ0) is 26.7. The number of hydrogen-bond acceptors (Lipinski definition) is 4. The fourth-order valence-corrected chi connectivity index (χ4v) is 4.49. The van der Waals surface area contributed by atoms with Gasteiger partial charge in [0.25, 0.3) is 0 Å². The number of benzene rings is 2. The highest BCUT2D eigenvalue weighted by atomic mass is 16.4. The number of aliphatic carboxylic acids is 1. The van der Waals surface area contributed by atoms with Gasteiger partial charge in [-0.2, -0.15) is 0 Å². The lowest BCUT2D eigenvalue weighted by Crippen LogP contribution is -2.51. The molecule has 2 aromatic carbocycles. The van der Waals surface area contributed by atoms with Crippen LogP contribution in [0.2, 0.25) is 0 Å². The molecule has 0 spiro atoms. The SMILES string of the molecule is CC(C)(C)N1CCC(C(=O)N2CCN(CC(=O)O)CC2)C1.Cc1cccc(C)c1.Cc1ccccc1. The Balaban J connectivity index is 0.000000246. The van der Waals surface area contributed by atoms with Crippen molar-refractivity contribution >= 4 is 11.9 Å². The van der Waals surface area contributed by atoms with Gasteiger partial charge in [-0.1, -0.05) is 71.3 Å². The summed E-state index contributed by atoms with van der Waals surface area (Å²) in [5.41, 5.74) is 4.12. The van der Waals surface area contributed by atoms with Crippen LogP contribution in [-0.4, -0.2) is 83.0 Å². The van der Waals surface area contributed by atoms with Crippen molar-refractivity contribution in [1.29, 1.82) is 0 Å². The minimum absolute atomic E-state index is 0.0727. The number of aryl methyl sites for hydroxylation is 3. The van der Waals surface area contributed by atoms with E-state index in [1.54, 1.807) is 0 Å². The van der Waals surface area contributed by atoms with Crippen molar-refractivity contribution in [1.82, 2.24) is 14.7 Å². The lowest BCUT2D eigenvalue weighted by molar-refractivity contribution is -0.140. The molecule has 0 aromatic heterocycles. The number of piperazine rings is 1. The van der Waals surface area contributed by atoms with Crippen molar-refractivity contribution in [2.45, 2.75) is 53.5 Å². The van der Waals surface area contributed by atoms with Crippen LogP contribution >= 0.6 is 0 Å². The van der Waals surface area contributed by atoms with Crippen LogP contribution in [0.25, 0.3) is 0 Å². The van der Waals surface area contributed by atoms with Crippen molar-refractivity contribution in [2.75, 3.05) is 45.8 Å². The number of carbonyl (C=O) groups excluding carboxylic acids is 1. The minimum Gasteiger partial charge on any atom is -0.480 e. The highest BCUT2D eigenvalue weighted by Gasteiger charge is 2.36. The summed E-state index contributed by atoms with van der Waals surface area (Å²) in [5.74, 6) is -0.446. The van der Waals surface area contributed by atoms with Crippen LogP contribution in [0.5, 0.6) is 0 Å². The summed E-state index contributed by atoms with van der Waals surface area (Å²) in [4.78, 5) is 29.4. The molecule has 0 radical (unpaired) electrons. The van der Waals surface area contributed by atoms with E-state index in [2.05, 4.69) is 82.8 Å². The molecule has 2 aliphatic heterocycles. The second-order valence-corrected chi connectivity index (χ2v) is 10.9. The Bertz CT molecular complexity index is 930. The molecule has 198 valence electrons. The molecule has 2 fully saturated rings. The number of amides is 1. The first-order valence-electron chi connectivity index (χ1n) is 13.0. The third kappa shape index (κ3) is 10.5. The largest absolute Gasteiger partial charge is 0.480 e. The number of hydrogen-bond donors (Lipinski definition) is 1. The zero-order valence-electron chi connectivity index (χ0n) is 23.0. The molecule has 6 heteroatoms. The van der Waals surface area contributed by atoms with Crippen molar-refractivity contribution in [3.05, 3.63) is 71.3 Å². The van der Waals surface area contributed by atoms with Crippen LogP contribution in [0.15, 0.2) is 54.6 Å². The summed E-state index contributed by atoms with van der Waals surface area (Å²) in [7, 11) is 0. The molecule has 0 saturated carbocycles. The Labute approximate surface area is 217 Å². The van der Waals surface area contributed by atoms with Crippen molar-refractivity contribution in [2.24, 2.45) is 5.92 Å². The number of nitrogens with zero attached hydrogens (tertiary/aromatic N) is 3. The van der Waals surface area contributed by atoms with E-state index in [9.17, 15) is 9.59 Å². The van der Waals surface area contributed by atoms with Gasteiger partial charge in [-0.25, -0.2) is 0 Å². The Morgan fingerprint density at radius 3 is 1.78 bits per heavy atom. The normalized spacial score (nSPS) is 18.5. The maximum Gasteiger partial charge on any atom is 0.317 e. The first-order chi connectivity index (χ1) is 17.0. The van der Waals surface area contributed by atoms with Gasteiger partial charge in [0.2, 0.25) is 5.91 Å². The summed E-state index contributed by atoms with van der Waals surface area (Å²) >= 11 is 0. The number of likely N-dealkylation sites (tertiary alicyclic amines) is 1. The fourth-order valence-electron chi connectivity index (χ4n) is 4.49. The van der Waals surface area contributed by atoms with E-state index in [1.165, 1.54) is 16.7 Å². The maximum atomic E-state index is 12.6. The molecule has 2 aliphatic rings. The molecule has 2 saturated heterocycles. The van der Waals surface area contributed by atoms with Crippen molar-refractivity contribution in [3.63, 3.8) is 0 Å². The molecule has 1 N–H and O–H groups in total. The van der Waals surface area contributed by atoms with E-state index in [0.29, 0.717) is 26.2 Å². The van der Waals surface area contributed by atoms with Gasteiger partial charge in [0, 0.05) is 38.3 Å². The van der Waals surface area contributed by atoms with Gasteiger partial charge in [0.05, 0.1) is 12.5 Å². The average molecular weight is 496 g/mol. The van der Waals surface area contributed by atoms with E-state index in [0.717, 1.165) is 19.5 Å². The van der Waals surface area contributed by atoms with E-state index in [1.807, 2.05) is 28.0 Å². The van der Waals surface area contributed by atoms with E-state index >= 15 is 0 Å². The van der Waals surface area contributed by atoms with Crippen molar-refractivity contribution in [3.8, 4) is 0 Å². The molecular weight excluding hydrogens is 450 g/mol. The number of carboxylic acids is 1. The first kappa shape index (κ1) is 29.5. The summed E-state index contributed by atoms with van der Waals surface area (Å²) in [6.07, 6.45) is 0.936. The first-order valence-corrected chi connectivity index (χ1v) is 13.0. The quantitative estimate of drug-likeness (QED) is 0.672. The lowest BCUT2D eigenvalue weighted by atomic mass is 10.1. The molecule has 4 rings (SSSR count). The van der Waals surface area contributed by atoms with Gasteiger partial charge < -0.3 is 10.0 Å². The maximum absolute atomic E-state index is 12.6. The summed E-state index contributed by atoms with van der Waals surface area (Å²) in [6.45, 7) is 17.4. The smallest absolute Gasteiger partial charge is 0.317 e. The van der Waals surface area contributed by atoms with Crippen LogP contribution in [0.1, 0.15) is 43.9 Å². The fraction of sp³-hybridized carbons (Fsp3) is 0.533. The molecule has 6 nitrogen and oxygen atoms in total. The van der Waals surface area contributed by atoms with Crippen LogP contribution in [0.3, 0.4) is 0 Å². The monoisotopic (exact) mass is 495 g/mol. The second-order valence-electron chi connectivity index (χ2n) is 10.9. The summed E-state index contributed by atoms with van der Waals surface area (Å²) in [5, 5.41) is 8.79. The molecule has 1 unspecified atom stereocenters. The van der Waals surface area contributed by atoms with E-state index in [4.69, 9.17) is 5.11 Å². The summed E-state index contributed by atoms with van der Waals surface area (Å²) < 4.78 is 0.